The van der Waals surface area contributed by atoms with E-state index in [-0.39, 0.29) is 11.1 Å². The molecule has 4 amide bonds. The Balaban J connectivity index is 2.30. The van der Waals surface area contributed by atoms with Gasteiger partial charge in [0.2, 0.25) is 0 Å². The number of hydrogen-bond acceptors (Lipinski definition) is 5. The lowest BCUT2D eigenvalue weighted by molar-refractivity contribution is -0.124. The van der Waals surface area contributed by atoms with Gasteiger partial charge in [-0.15, -0.1) is 0 Å². The number of amides is 4. The number of benzene rings is 1. The van der Waals surface area contributed by atoms with Gasteiger partial charge in [-0.2, -0.15) is 5.26 Å². The first-order chi connectivity index (χ1) is 10.5. The standard InChI is InChI=1S/C15H11N3O4/c1-22-11-5-2-9(3-6-11)10(8-16)4-7-12-13(19)17-15(21)18-14(12)20/h2-7H,1H3,(H2,17,18,19,20,21)/b10-4+. The molecule has 0 aromatic heterocycles. The van der Waals surface area contributed by atoms with Gasteiger partial charge in [0.1, 0.15) is 11.3 Å². The van der Waals surface area contributed by atoms with Crippen LogP contribution in [-0.2, 0) is 9.59 Å². The molecule has 0 bridgehead atoms. The summed E-state index contributed by atoms with van der Waals surface area (Å²) in [6, 6.07) is 7.84. The fourth-order valence-corrected chi connectivity index (χ4v) is 1.76. The number of nitrogens with one attached hydrogen (secondary N) is 2. The van der Waals surface area contributed by atoms with E-state index >= 15 is 0 Å². The molecule has 1 heterocycles. The average Bonchev–Trinajstić information content (AvgIpc) is 2.50. The molecule has 2 N–H and O–H groups in total. The average molecular weight is 297 g/mol. The van der Waals surface area contributed by atoms with Crippen LogP contribution >= 0.6 is 0 Å². The van der Waals surface area contributed by atoms with Gasteiger partial charge in [0, 0.05) is 0 Å². The Bertz CT molecular complexity index is 717. The van der Waals surface area contributed by atoms with Crippen molar-refractivity contribution < 1.29 is 19.1 Å². The van der Waals surface area contributed by atoms with Crippen LogP contribution in [0.3, 0.4) is 0 Å². The first kappa shape index (κ1) is 15.0. The number of hydrogen-bond donors (Lipinski definition) is 2. The zero-order valence-electron chi connectivity index (χ0n) is 11.5. The third-order valence-corrected chi connectivity index (χ3v) is 2.88. The molecule has 1 fully saturated rings. The monoisotopic (exact) mass is 297 g/mol. The molecule has 22 heavy (non-hydrogen) atoms. The minimum atomic E-state index is -0.869. The summed E-state index contributed by atoms with van der Waals surface area (Å²) in [7, 11) is 1.53. The fraction of sp³-hybridized carbons (Fsp3) is 0.0667. The van der Waals surface area contributed by atoms with E-state index in [0.29, 0.717) is 11.3 Å². The zero-order chi connectivity index (χ0) is 16.1. The summed E-state index contributed by atoms with van der Waals surface area (Å²) in [4.78, 5) is 34.0. The van der Waals surface area contributed by atoms with Crippen LogP contribution in [0.15, 0.2) is 42.0 Å². The van der Waals surface area contributed by atoms with Crippen LogP contribution in [0, 0.1) is 11.3 Å². The lowest BCUT2D eigenvalue weighted by Gasteiger charge is -2.13. The predicted molar refractivity (Wildman–Crippen MR) is 76.3 cm³/mol. The quantitative estimate of drug-likeness (QED) is 0.489. The van der Waals surface area contributed by atoms with E-state index in [0.717, 1.165) is 0 Å². The van der Waals surface area contributed by atoms with Gasteiger partial charge in [-0.05, 0) is 42.0 Å². The highest BCUT2D eigenvalue weighted by atomic mass is 16.5. The molecule has 0 atom stereocenters. The number of carbonyl (C=O) groups excluding carboxylic acids is 3. The molecule has 7 heteroatoms. The lowest BCUT2D eigenvalue weighted by atomic mass is 10.1. The Labute approximate surface area is 125 Å². The number of allylic oxidation sites excluding steroid dienone is 3. The van der Waals surface area contributed by atoms with Gasteiger partial charge in [0.25, 0.3) is 11.8 Å². The Morgan fingerprint density at radius 1 is 1.14 bits per heavy atom. The zero-order valence-corrected chi connectivity index (χ0v) is 11.5. The molecule has 1 aliphatic rings. The van der Waals surface area contributed by atoms with E-state index in [1.165, 1.54) is 19.3 Å². The molecular weight excluding hydrogens is 286 g/mol. The molecule has 0 aliphatic carbocycles. The highest BCUT2D eigenvalue weighted by molar-refractivity contribution is 6.29. The number of urea groups is 1. The summed E-state index contributed by atoms with van der Waals surface area (Å²) in [6.45, 7) is 0. The summed E-state index contributed by atoms with van der Waals surface area (Å²) >= 11 is 0. The smallest absolute Gasteiger partial charge is 0.328 e. The van der Waals surface area contributed by atoms with Crippen LogP contribution in [0.2, 0.25) is 0 Å². The highest BCUT2D eigenvalue weighted by Gasteiger charge is 2.27. The number of barbiturate groups is 1. The molecule has 1 aromatic rings. The van der Waals surface area contributed by atoms with Gasteiger partial charge in [0.15, 0.2) is 0 Å². The normalized spacial score (nSPS) is 14.8. The van der Waals surface area contributed by atoms with Crippen molar-refractivity contribution in [3.63, 3.8) is 0 Å². The number of imide groups is 2. The summed E-state index contributed by atoms with van der Waals surface area (Å²) in [6.07, 6.45) is 2.53. The van der Waals surface area contributed by atoms with Gasteiger partial charge >= 0.3 is 6.03 Å². The van der Waals surface area contributed by atoms with Crippen LogP contribution in [0.25, 0.3) is 5.57 Å². The third kappa shape index (κ3) is 3.19. The molecular formula is C15H11N3O4. The SMILES string of the molecule is COc1ccc(/C(C#N)=C/C=C2C(=O)NC(=O)NC2=O)cc1. The first-order valence-electron chi connectivity index (χ1n) is 6.18. The fourth-order valence-electron chi connectivity index (χ4n) is 1.76. The molecule has 1 aromatic carbocycles. The predicted octanol–water partition coefficient (Wildman–Crippen LogP) is 0.895. The molecule has 1 aliphatic heterocycles. The van der Waals surface area contributed by atoms with Crippen molar-refractivity contribution in [3.05, 3.63) is 47.6 Å². The first-order valence-corrected chi connectivity index (χ1v) is 6.18. The number of nitrogens with zero attached hydrogens (tertiary/aromatic N) is 1. The van der Waals surface area contributed by atoms with Gasteiger partial charge in [-0.3, -0.25) is 20.2 Å². The van der Waals surface area contributed by atoms with Crippen LogP contribution in [0.1, 0.15) is 5.56 Å². The maximum Gasteiger partial charge on any atom is 0.328 e. The Morgan fingerprint density at radius 2 is 1.73 bits per heavy atom. The van der Waals surface area contributed by atoms with Gasteiger partial charge in [-0.25, -0.2) is 4.79 Å². The molecule has 0 spiro atoms. The van der Waals surface area contributed by atoms with E-state index in [9.17, 15) is 19.6 Å². The van der Waals surface area contributed by atoms with Gasteiger partial charge in [0.05, 0.1) is 18.8 Å². The van der Waals surface area contributed by atoms with E-state index in [4.69, 9.17) is 4.74 Å². The maximum atomic E-state index is 11.5. The highest BCUT2D eigenvalue weighted by Crippen LogP contribution is 2.18. The summed E-state index contributed by atoms with van der Waals surface area (Å²) in [5.74, 6) is -0.974. The molecule has 0 radical (unpaired) electrons. The molecule has 1 saturated heterocycles. The number of carbonyl (C=O) groups is 3. The van der Waals surface area contributed by atoms with Gasteiger partial charge in [-0.1, -0.05) is 0 Å². The molecule has 0 saturated carbocycles. The van der Waals surface area contributed by atoms with E-state index in [2.05, 4.69) is 0 Å². The maximum absolute atomic E-state index is 11.5. The van der Waals surface area contributed by atoms with Crippen molar-refractivity contribution in [3.8, 4) is 11.8 Å². The van der Waals surface area contributed by atoms with Crippen molar-refractivity contribution in [2.24, 2.45) is 0 Å². The topological polar surface area (TPSA) is 108 Å². The Hall–Kier alpha value is -3.40. The minimum Gasteiger partial charge on any atom is -0.497 e. The van der Waals surface area contributed by atoms with Crippen LogP contribution in [0.4, 0.5) is 4.79 Å². The van der Waals surface area contributed by atoms with Crippen molar-refractivity contribution in [1.82, 2.24) is 10.6 Å². The lowest BCUT2D eigenvalue weighted by Crippen LogP contribution is -2.51. The van der Waals surface area contributed by atoms with E-state index in [1.807, 2.05) is 16.7 Å². The second-order valence-electron chi connectivity index (χ2n) is 4.24. The number of nitriles is 1. The van der Waals surface area contributed by atoms with Crippen molar-refractivity contribution in [2.45, 2.75) is 0 Å². The number of ether oxygens (including phenoxy) is 1. The minimum absolute atomic E-state index is 0.249. The van der Waals surface area contributed by atoms with Crippen LogP contribution < -0.4 is 15.4 Å². The Kier molecular flexibility index (Phi) is 4.34. The van der Waals surface area contributed by atoms with Crippen LogP contribution in [-0.4, -0.2) is 25.0 Å². The third-order valence-electron chi connectivity index (χ3n) is 2.88. The summed E-state index contributed by atoms with van der Waals surface area (Å²) in [5, 5.41) is 13.1. The second kappa shape index (κ2) is 6.37. The summed E-state index contributed by atoms with van der Waals surface area (Å²) in [5.41, 5.74) is 0.612. The van der Waals surface area contributed by atoms with Crippen LogP contribution in [0.5, 0.6) is 5.75 Å². The van der Waals surface area contributed by atoms with Crippen molar-refractivity contribution >= 4 is 23.4 Å². The Morgan fingerprint density at radius 3 is 2.23 bits per heavy atom. The number of methoxy groups -OCH3 is 1. The molecule has 110 valence electrons. The second-order valence-corrected chi connectivity index (χ2v) is 4.24. The van der Waals surface area contributed by atoms with Crippen molar-refractivity contribution in [2.75, 3.05) is 7.11 Å². The van der Waals surface area contributed by atoms with E-state index in [1.54, 1.807) is 24.3 Å². The van der Waals surface area contributed by atoms with Crippen molar-refractivity contribution in [1.29, 1.82) is 5.26 Å². The van der Waals surface area contributed by atoms with Gasteiger partial charge < -0.3 is 4.74 Å². The molecule has 7 nitrogen and oxygen atoms in total. The molecule has 0 unspecified atom stereocenters. The number of rotatable bonds is 3. The summed E-state index contributed by atoms with van der Waals surface area (Å²) < 4.78 is 5.02. The largest absolute Gasteiger partial charge is 0.497 e. The van der Waals surface area contributed by atoms with E-state index < -0.39 is 17.8 Å². The molecule has 2 rings (SSSR count).